The quantitative estimate of drug-likeness (QED) is 0.0291. The van der Waals surface area contributed by atoms with Crippen LogP contribution in [0.2, 0.25) is 0 Å². The third kappa shape index (κ3) is 31.8. The van der Waals surface area contributed by atoms with Gasteiger partial charge in [0.2, 0.25) is 0 Å². The van der Waals surface area contributed by atoms with Gasteiger partial charge in [0, 0.05) is 19.4 Å². The Morgan fingerprint density at radius 3 is 1.46 bits per heavy atom. The van der Waals surface area contributed by atoms with Crippen molar-refractivity contribution in [1.29, 1.82) is 0 Å². The Hall–Kier alpha value is -2.15. The maximum absolute atomic E-state index is 13.2. The first kappa shape index (κ1) is 47.8. The lowest BCUT2D eigenvalue weighted by molar-refractivity contribution is -0.152. The van der Waals surface area contributed by atoms with Crippen LogP contribution in [-0.2, 0) is 28.6 Å². The molecule has 0 aliphatic carbocycles. The van der Waals surface area contributed by atoms with Gasteiger partial charge in [-0.3, -0.25) is 14.4 Å². The minimum Gasteiger partial charge on any atom is -0.462 e. The number of ether oxygens (including phenoxy) is 3. The van der Waals surface area contributed by atoms with Crippen LogP contribution in [-0.4, -0.2) is 62.8 Å². The molecule has 0 aromatic rings. The zero-order chi connectivity index (χ0) is 37.5. The van der Waals surface area contributed by atoms with Crippen LogP contribution in [0.3, 0.4) is 0 Å². The van der Waals surface area contributed by atoms with Crippen LogP contribution >= 0.6 is 0 Å². The number of carbonyl (C=O) groups is 3. The van der Waals surface area contributed by atoms with Crippen molar-refractivity contribution in [2.45, 2.75) is 189 Å². The number of esters is 3. The van der Waals surface area contributed by atoms with E-state index in [1.54, 1.807) is 0 Å². The summed E-state index contributed by atoms with van der Waals surface area (Å²) in [5.74, 6) is -0.315. The molecule has 0 rings (SSSR count). The van der Waals surface area contributed by atoms with Gasteiger partial charge in [-0.25, -0.2) is 0 Å². The molecule has 0 spiro atoms. The molecule has 0 aromatic heterocycles. The fraction of sp³-hybridized carbons (Fsp3) is 0.837. The van der Waals surface area contributed by atoms with Crippen molar-refractivity contribution in [2.75, 3.05) is 33.9 Å². The average Bonchev–Trinajstić information content (AvgIpc) is 3.01. The number of unbranched alkanes of at least 4 members (excludes halogenated alkanes) is 12. The Kier molecular flexibility index (Phi) is 29.2. The summed E-state index contributed by atoms with van der Waals surface area (Å²) in [6.07, 6.45) is 28.8. The Bertz CT molecular complexity index is 874. The van der Waals surface area contributed by atoms with E-state index in [0.29, 0.717) is 32.5 Å². The molecule has 50 heavy (non-hydrogen) atoms. The minimum atomic E-state index is -0.139. The molecule has 0 aromatic carbocycles. The van der Waals surface area contributed by atoms with Gasteiger partial charge in [-0.05, 0) is 82.7 Å². The molecule has 292 valence electrons. The molecular weight excluding hydrogens is 626 g/mol. The molecule has 0 saturated heterocycles. The third-order valence-corrected chi connectivity index (χ3v) is 8.90. The number of nitrogens with zero attached hydrogens (tertiary/aromatic N) is 1. The standard InChI is InChI=1S/C43H79NO6/c1-9-11-13-21-27-33-48-39(45)31-25-19-15-17-23-29-38(50-41(47)35-42(3,4)36-43(5,6)37-44(7)8)30-24-18-16-20-26-32-40(46)49-34-28-22-14-12-10-2/h21-22,27-28,38H,9-20,23-26,29-37H2,1-8H3/b27-21-,28-22-. The van der Waals surface area contributed by atoms with Crippen LogP contribution < -0.4 is 0 Å². The molecular formula is C43H79NO6. The van der Waals surface area contributed by atoms with Crippen molar-refractivity contribution in [3.05, 3.63) is 24.3 Å². The molecule has 0 radical (unpaired) electrons. The molecule has 0 aliphatic heterocycles. The van der Waals surface area contributed by atoms with Gasteiger partial charge >= 0.3 is 17.9 Å². The first-order chi connectivity index (χ1) is 23.8. The van der Waals surface area contributed by atoms with Crippen molar-refractivity contribution in [1.82, 2.24) is 4.90 Å². The zero-order valence-corrected chi connectivity index (χ0v) is 34.0. The summed E-state index contributed by atoms with van der Waals surface area (Å²) in [5, 5.41) is 0. The highest BCUT2D eigenvalue weighted by Crippen LogP contribution is 2.37. The maximum Gasteiger partial charge on any atom is 0.306 e. The van der Waals surface area contributed by atoms with Gasteiger partial charge in [0.15, 0.2) is 0 Å². The molecule has 0 fully saturated rings. The van der Waals surface area contributed by atoms with Crippen molar-refractivity contribution in [2.24, 2.45) is 10.8 Å². The van der Waals surface area contributed by atoms with Gasteiger partial charge in [-0.15, -0.1) is 0 Å². The number of rotatable bonds is 33. The lowest BCUT2D eigenvalue weighted by atomic mass is 9.73. The molecule has 0 amide bonds. The molecule has 0 N–H and O–H groups in total. The normalized spacial score (nSPS) is 12.4. The fourth-order valence-electron chi connectivity index (χ4n) is 6.94. The monoisotopic (exact) mass is 706 g/mol. The molecule has 0 bridgehead atoms. The summed E-state index contributed by atoms with van der Waals surface area (Å²) >= 11 is 0. The van der Waals surface area contributed by atoms with Gasteiger partial charge in [0.05, 0.1) is 6.42 Å². The highest BCUT2D eigenvalue weighted by atomic mass is 16.5. The topological polar surface area (TPSA) is 82.1 Å². The van der Waals surface area contributed by atoms with Crippen LogP contribution in [0.1, 0.15) is 183 Å². The Balaban J connectivity index is 4.61. The minimum absolute atomic E-state index is 0.0613. The molecule has 0 saturated carbocycles. The second kappa shape index (κ2) is 30.5. The zero-order valence-electron chi connectivity index (χ0n) is 34.0. The Morgan fingerprint density at radius 1 is 0.580 bits per heavy atom. The van der Waals surface area contributed by atoms with E-state index >= 15 is 0 Å². The first-order valence-corrected chi connectivity index (χ1v) is 20.3. The summed E-state index contributed by atoms with van der Waals surface area (Å²) in [6, 6.07) is 0. The number of hydrogen-bond acceptors (Lipinski definition) is 7. The van der Waals surface area contributed by atoms with Crippen LogP contribution in [0.5, 0.6) is 0 Å². The predicted octanol–water partition coefficient (Wildman–Crippen LogP) is 11.3. The fourth-order valence-corrected chi connectivity index (χ4v) is 6.94. The van der Waals surface area contributed by atoms with Gasteiger partial charge in [0.25, 0.3) is 0 Å². The second-order valence-corrected chi connectivity index (χ2v) is 16.2. The van der Waals surface area contributed by atoms with Gasteiger partial charge < -0.3 is 19.1 Å². The summed E-state index contributed by atoms with van der Waals surface area (Å²) in [5.41, 5.74) is -0.0309. The summed E-state index contributed by atoms with van der Waals surface area (Å²) in [6.45, 7) is 15.0. The van der Waals surface area contributed by atoms with Gasteiger partial charge in [-0.1, -0.05) is 130 Å². The Labute approximate surface area is 308 Å². The predicted molar refractivity (Wildman–Crippen MR) is 209 cm³/mol. The summed E-state index contributed by atoms with van der Waals surface area (Å²) < 4.78 is 16.8. The van der Waals surface area contributed by atoms with Crippen LogP contribution in [0.4, 0.5) is 0 Å². The number of allylic oxidation sites excluding steroid dienone is 2. The van der Waals surface area contributed by atoms with E-state index in [1.165, 1.54) is 25.7 Å². The smallest absolute Gasteiger partial charge is 0.306 e. The van der Waals surface area contributed by atoms with Gasteiger partial charge in [-0.2, -0.15) is 0 Å². The molecule has 7 nitrogen and oxygen atoms in total. The summed E-state index contributed by atoms with van der Waals surface area (Å²) in [4.78, 5) is 39.4. The summed E-state index contributed by atoms with van der Waals surface area (Å²) in [7, 11) is 4.19. The van der Waals surface area contributed by atoms with E-state index < -0.39 is 0 Å². The molecule has 0 atom stereocenters. The highest BCUT2D eigenvalue weighted by Gasteiger charge is 2.32. The van der Waals surface area contributed by atoms with Crippen LogP contribution in [0, 0.1) is 10.8 Å². The van der Waals surface area contributed by atoms with E-state index in [-0.39, 0.29) is 34.8 Å². The van der Waals surface area contributed by atoms with E-state index in [9.17, 15) is 14.4 Å². The maximum atomic E-state index is 13.2. The average molecular weight is 706 g/mol. The van der Waals surface area contributed by atoms with Crippen molar-refractivity contribution in [3.63, 3.8) is 0 Å². The molecule has 0 aliphatic rings. The highest BCUT2D eigenvalue weighted by molar-refractivity contribution is 5.70. The van der Waals surface area contributed by atoms with Crippen LogP contribution in [0.25, 0.3) is 0 Å². The van der Waals surface area contributed by atoms with E-state index in [0.717, 1.165) is 103 Å². The van der Waals surface area contributed by atoms with Crippen molar-refractivity contribution >= 4 is 17.9 Å². The lowest BCUT2D eigenvalue weighted by Crippen LogP contribution is -2.34. The number of hydrogen-bond donors (Lipinski definition) is 0. The van der Waals surface area contributed by atoms with Crippen molar-refractivity contribution < 1.29 is 28.6 Å². The third-order valence-electron chi connectivity index (χ3n) is 8.90. The van der Waals surface area contributed by atoms with Gasteiger partial charge in [0.1, 0.15) is 19.3 Å². The molecule has 0 heterocycles. The van der Waals surface area contributed by atoms with Crippen molar-refractivity contribution in [3.8, 4) is 0 Å². The van der Waals surface area contributed by atoms with Crippen LogP contribution in [0.15, 0.2) is 24.3 Å². The Morgan fingerprint density at radius 2 is 1.02 bits per heavy atom. The lowest BCUT2D eigenvalue weighted by Gasteiger charge is -2.36. The molecule has 0 unspecified atom stereocenters. The van der Waals surface area contributed by atoms with E-state index in [4.69, 9.17) is 14.2 Å². The van der Waals surface area contributed by atoms with E-state index in [1.807, 2.05) is 12.2 Å². The SMILES string of the molecule is CCCC/C=C\COC(=O)CCCCCCCC(CCCCCCCC(=O)OC/C=C\CCCC)OC(=O)CC(C)(C)CC(C)(C)CN(C)C. The van der Waals surface area contributed by atoms with E-state index in [2.05, 4.69) is 72.7 Å². The largest absolute Gasteiger partial charge is 0.462 e. The second-order valence-electron chi connectivity index (χ2n) is 16.2. The first-order valence-electron chi connectivity index (χ1n) is 20.3. The number of carbonyl (C=O) groups excluding carboxylic acids is 3. The molecule has 7 heteroatoms.